The van der Waals surface area contributed by atoms with Crippen LogP contribution < -0.4 is 16.2 Å². The Labute approximate surface area is 145 Å². The Bertz CT molecular complexity index is 996. The summed E-state index contributed by atoms with van der Waals surface area (Å²) in [6.07, 6.45) is 1.55. The van der Waals surface area contributed by atoms with Crippen molar-refractivity contribution in [2.45, 2.75) is 12.1 Å². The van der Waals surface area contributed by atoms with E-state index >= 15 is 0 Å². The van der Waals surface area contributed by atoms with E-state index in [1.54, 1.807) is 34.9 Å². The van der Waals surface area contributed by atoms with E-state index in [4.69, 9.17) is 0 Å². The Balaban J connectivity index is 1.62. The van der Waals surface area contributed by atoms with Crippen LogP contribution in [0.4, 0.5) is 11.4 Å². The molecule has 0 aliphatic carbocycles. The predicted octanol–water partition coefficient (Wildman–Crippen LogP) is 1.11. The van der Waals surface area contributed by atoms with Crippen molar-refractivity contribution < 1.29 is 9.59 Å². The number of thioether (sulfide) groups is 1. The Morgan fingerprint density at radius 1 is 1.20 bits per heavy atom. The third-order valence-electron chi connectivity index (χ3n) is 3.07. The van der Waals surface area contributed by atoms with Crippen LogP contribution in [0, 0.1) is 0 Å². The van der Waals surface area contributed by atoms with Gasteiger partial charge in [0.1, 0.15) is 0 Å². The summed E-state index contributed by atoms with van der Waals surface area (Å²) < 4.78 is 1.59. The Morgan fingerprint density at radius 2 is 1.96 bits per heavy atom. The number of carbonyl (C=O) groups is 2. The van der Waals surface area contributed by atoms with Gasteiger partial charge in [0.15, 0.2) is 5.16 Å². The number of rotatable bonds is 5. The summed E-state index contributed by atoms with van der Waals surface area (Å²) in [7, 11) is 0. The second kappa shape index (κ2) is 7.18. The van der Waals surface area contributed by atoms with Crippen molar-refractivity contribution in [3.63, 3.8) is 0 Å². The zero-order chi connectivity index (χ0) is 17.8. The normalized spacial score (nSPS) is 10.6. The monoisotopic (exact) mass is 358 g/mol. The summed E-state index contributed by atoms with van der Waals surface area (Å²) in [6.45, 7) is 1.41. The summed E-state index contributed by atoms with van der Waals surface area (Å²) >= 11 is 1.19. The van der Waals surface area contributed by atoms with Crippen molar-refractivity contribution in [2.75, 3.05) is 16.4 Å². The summed E-state index contributed by atoms with van der Waals surface area (Å²) in [5, 5.41) is 13.7. The van der Waals surface area contributed by atoms with Gasteiger partial charge in [-0.3, -0.25) is 23.8 Å². The highest BCUT2D eigenvalue weighted by Crippen LogP contribution is 2.18. The molecule has 9 nitrogen and oxygen atoms in total. The van der Waals surface area contributed by atoms with E-state index in [1.165, 1.54) is 24.8 Å². The fourth-order valence-electron chi connectivity index (χ4n) is 2.09. The second-order valence-electron chi connectivity index (χ2n) is 5.08. The summed E-state index contributed by atoms with van der Waals surface area (Å²) in [5.41, 5.74) is 0.908. The van der Waals surface area contributed by atoms with Crippen molar-refractivity contribution in [1.29, 1.82) is 0 Å². The number of nitrogens with zero attached hydrogens (tertiary/aromatic N) is 3. The van der Waals surface area contributed by atoms with Gasteiger partial charge in [0, 0.05) is 30.6 Å². The van der Waals surface area contributed by atoms with E-state index in [0.29, 0.717) is 22.3 Å². The van der Waals surface area contributed by atoms with E-state index in [1.807, 2.05) is 0 Å². The molecule has 0 radical (unpaired) electrons. The lowest BCUT2D eigenvalue weighted by Crippen LogP contribution is -2.15. The third kappa shape index (κ3) is 4.23. The quantitative estimate of drug-likeness (QED) is 0.587. The lowest BCUT2D eigenvalue weighted by Gasteiger charge is -2.07. The number of fused-ring (bicyclic) bond motifs is 1. The minimum absolute atomic E-state index is 0.115. The van der Waals surface area contributed by atoms with Crippen LogP contribution in [0.3, 0.4) is 0 Å². The van der Waals surface area contributed by atoms with E-state index in [9.17, 15) is 14.4 Å². The van der Waals surface area contributed by atoms with Crippen LogP contribution in [-0.4, -0.2) is 37.1 Å². The maximum absolute atomic E-state index is 12.1. The molecule has 0 atom stereocenters. The molecule has 2 aromatic heterocycles. The fourth-order valence-corrected chi connectivity index (χ4v) is 2.81. The molecule has 3 N–H and O–H groups in total. The molecule has 0 spiro atoms. The lowest BCUT2D eigenvalue weighted by molar-refractivity contribution is -0.114. The molecule has 0 unspecified atom stereocenters. The molecule has 0 aliphatic rings. The molecule has 0 fully saturated rings. The van der Waals surface area contributed by atoms with Gasteiger partial charge in [-0.25, -0.2) is 0 Å². The molecule has 0 aliphatic heterocycles. The van der Waals surface area contributed by atoms with E-state index < -0.39 is 0 Å². The minimum Gasteiger partial charge on any atom is -0.326 e. The van der Waals surface area contributed by atoms with Gasteiger partial charge in [0.2, 0.25) is 17.6 Å². The molecule has 3 rings (SSSR count). The van der Waals surface area contributed by atoms with Crippen molar-refractivity contribution in [3.8, 4) is 0 Å². The molecule has 2 amide bonds. The van der Waals surface area contributed by atoms with Gasteiger partial charge in [0.05, 0.1) is 5.75 Å². The van der Waals surface area contributed by atoms with Gasteiger partial charge in [0.25, 0.3) is 5.56 Å². The number of nitrogens with one attached hydrogen (secondary N) is 3. The van der Waals surface area contributed by atoms with Crippen molar-refractivity contribution in [1.82, 2.24) is 19.6 Å². The smallest absolute Gasteiger partial charge is 0.252 e. The zero-order valence-electron chi connectivity index (χ0n) is 13.1. The number of benzene rings is 1. The predicted molar refractivity (Wildman–Crippen MR) is 93.7 cm³/mol. The van der Waals surface area contributed by atoms with Crippen LogP contribution >= 0.6 is 11.8 Å². The molecule has 10 heteroatoms. The molecule has 0 saturated carbocycles. The molecular weight excluding hydrogens is 344 g/mol. The average Bonchev–Trinajstić information content (AvgIpc) is 2.94. The highest BCUT2D eigenvalue weighted by atomic mass is 32.2. The van der Waals surface area contributed by atoms with Gasteiger partial charge in [-0.15, -0.1) is 10.2 Å². The Morgan fingerprint density at radius 3 is 2.72 bits per heavy atom. The SMILES string of the molecule is CC(=O)Nc1cccc(NC(=O)CSc2nnc3[nH]c(=O)ccn23)c1. The molecular formula is C15H14N6O3S. The van der Waals surface area contributed by atoms with E-state index in [2.05, 4.69) is 25.8 Å². The largest absolute Gasteiger partial charge is 0.326 e. The van der Waals surface area contributed by atoms with Crippen LogP contribution in [-0.2, 0) is 9.59 Å². The zero-order valence-corrected chi connectivity index (χ0v) is 14.0. The molecule has 3 aromatic rings. The highest BCUT2D eigenvalue weighted by Gasteiger charge is 2.10. The number of H-pyrrole nitrogens is 1. The second-order valence-corrected chi connectivity index (χ2v) is 6.02. The van der Waals surface area contributed by atoms with Gasteiger partial charge in [-0.2, -0.15) is 0 Å². The number of hydrogen-bond donors (Lipinski definition) is 3. The van der Waals surface area contributed by atoms with Crippen LogP contribution in [0.25, 0.3) is 5.78 Å². The van der Waals surface area contributed by atoms with E-state index in [0.717, 1.165) is 0 Å². The first-order valence-electron chi connectivity index (χ1n) is 7.25. The lowest BCUT2D eigenvalue weighted by atomic mass is 10.2. The maximum atomic E-state index is 12.1. The molecule has 128 valence electrons. The minimum atomic E-state index is -0.270. The number of aromatic amines is 1. The van der Waals surface area contributed by atoms with Gasteiger partial charge in [-0.05, 0) is 18.2 Å². The first-order valence-corrected chi connectivity index (χ1v) is 8.24. The van der Waals surface area contributed by atoms with Crippen LogP contribution in [0.15, 0.2) is 46.5 Å². The van der Waals surface area contributed by atoms with Crippen LogP contribution in [0.1, 0.15) is 6.92 Å². The summed E-state index contributed by atoms with van der Waals surface area (Å²) in [6, 6.07) is 8.21. The third-order valence-corrected chi connectivity index (χ3v) is 4.02. The van der Waals surface area contributed by atoms with Gasteiger partial charge >= 0.3 is 0 Å². The van der Waals surface area contributed by atoms with Gasteiger partial charge in [-0.1, -0.05) is 17.8 Å². The Hall–Kier alpha value is -3.14. The first-order chi connectivity index (χ1) is 12.0. The van der Waals surface area contributed by atoms with Gasteiger partial charge < -0.3 is 10.6 Å². The van der Waals surface area contributed by atoms with E-state index in [-0.39, 0.29) is 23.1 Å². The first kappa shape index (κ1) is 16.7. The maximum Gasteiger partial charge on any atom is 0.252 e. The summed E-state index contributed by atoms with van der Waals surface area (Å²) in [5.74, 6) is 0.0184. The fraction of sp³-hybridized carbons (Fsp3) is 0.133. The number of aromatic nitrogens is 4. The van der Waals surface area contributed by atoms with Crippen molar-refractivity contribution >= 4 is 40.7 Å². The van der Waals surface area contributed by atoms with Crippen LogP contribution in [0.5, 0.6) is 0 Å². The highest BCUT2D eigenvalue weighted by molar-refractivity contribution is 7.99. The molecule has 2 heterocycles. The standard InChI is InChI=1S/C15H14N6O3S/c1-9(22)16-10-3-2-4-11(7-10)17-13(24)8-25-15-20-19-14-18-12(23)5-6-21(14)15/h2-7H,8H2,1H3,(H,16,22)(H,17,24)(H,18,19,23). The number of hydrogen-bond acceptors (Lipinski definition) is 6. The Kier molecular flexibility index (Phi) is 4.80. The molecule has 0 bridgehead atoms. The van der Waals surface area contributed by atoms with Crippen molar-refractivity contribution in [2.24, 2.45) is 0 Å². The molecule has 25 heavy (non-hydrogen) atoms. The molecule has 1 aromatic carbocycles. The topological polar surface area (TPSA) is 121 Å². The average molecular weight is 358 g/mol. The summed E-state index contributed by atoms with van der Waals surface area (Å²) in [4.78, 5) is 36.9. The number of amides is 2. The van der Waals surface area contributed by atoms with Crippen molar-refractivity contribution in [3.05, 3.63) is 46.9 Å². The molecule has 0 saturated heterocycles. The number of anilines is 2. The van der Waals surface area contributed by atoms with Crippen LogP contribution in [0.2, 0.25) is 0 Å². The number of carbonyl (C=O) groups excluding carboxylic acids is 2.